The quantitative estimate of drug-likeness (QED) is 0.740. The van der Waals surface area contributed by atoms with Gasteiger partial charge >= 0.3 is 5.97 Å². The third-order valence-corrected chi connectivity index (χ3v) is 4.11. The van der Waals surface area contributed by atoms with Gasteiger partial charge < -0.3 is 5.11 Å². The zero-order valence-electron chi connectivity index (χ0n) is 12.5. The Hall–Kier alpha value is -2.37. The van der Waals surface area contributed by atoms with E-state index in [1.807, 2.05) is 6.07 Å². The second kappa shape index (κ2) is 7.06. The minimum Gasteiger partial charge on any atom is -0.481 e. The number of hydrogen-bond acceptors (Lipinski definition) is 3. The monoisotopic (exact) mass is 304 g/mol. The van der Waals surface area contributed by atoms with Gasteiger partial charge in [0.2, 0.25) is 5.91 Å². The minimum absolute atomic E-state index is 0.408. The van der Waals surface area contributed by atoms with E-state index in [1.54, 1.807) is 25.1 Å². The molecule has 1 saturated carbocycles. The summed E-state index contributed by atoms with van der Waals surface area (Å²) in [4.78, 5) is 35.4. The first-order valence-corrected chi connectivity index (χ1v) is 7.39. The van der Waals surface area contributed by atoms with Gasteiger partial charge in [0, 0.05) is 5.56 Å². The molecule has 6 nitrogen and oxygen atoms in total. The van der Waals surface area contributed by atoms with Crippen LogP contribution in [0.2, 0.25) is 0 Å². The van der Waals surface area contributed by atoms with E-state index in [2.05, 4.69) is 10.9 Å². The predicted molar refractivity (Wildman–Crippen MR) is 79.9 cm³/mol. The Morgan fingerprint density at radius 1 is 1.05 bits per heavy atom. The van der Waals surface area contributed by atoms with Crippen LogP contribution in [-0.4, -0.2) is 22.9 Å². The molecular formula is C16H20N2O4. The first kappa shape index (κ1) is 16.0. The Morgan fingerprint density at radius 3 is 2.32 bits per heavy atom. The molecule has 1 fully saturated rings. The van der Waals surface area contributed by atoms with Crippen molar-refractivity contribution >= 4 is 17.8 Å². The molecule has 0 unspecified atom stereocenters. The van der Waals surface area contributed by atoms with Crippen molar-refractivity contribution in [2.24, 2.45) is 11.8 Å². The van der Waals surface area contributed by atoms with Gasteiger partial charge in [0.1, 0.15) is 0 Å². The molecule has 2 atom stereocenters. The fourth-order valence-electron chi connectivity index (χ4n) is 2.85. The van der Waals surface area contributed by atoms with E-state index >= 15 is 0 Å². The van der Waals surface area contributed by atoms with Crippen molar-refractivity contribution in [3.63, 3.8) is 0 Å². The van der Waals surface area contributed by atoms with Crippen LogP contribution in [0.4, 0.5) is 0 Å². The summed E-state index contributed by atoms with van der Waals surface area (Å²) < 4.78 is 0. The third kappa shape index (κ3) is 3.63. The summed E-state index contributed by atoms with van der Waals surface area (Å²) in [5.41, 5.74) is 6.00. The Bertz CT molecular complexity index is 585. The van der Waals surface area contributed by atoms with E-state index in [4.69, 9.17) is 0 Å². The number of carboxylic acids is 1. The zero-order valence-corrected chi connectivity index (χ0v) is 12.5. The Labute approximate surface area is 128 Å². The molecule has 1 aliphatic rings. The molecule has 0 heterocycles. The van der Waals surface area contributed by atoms with Crippen molar-refractivity contribution in [2.75, 3.05) is 0 Å². The summed E-state index contributed by atoms with van der Waals surface area (Å²) >= 11 is 0. The van der Waals surface area contributed by atoms with Gasteiger partial charge in [0.25, 0.3) is 5.91 Å². The molecule has 22 heavy (non-hydrogen) atoms. The van der Waals surface area contributed by atoms with Gasteiger partial charge in [-0.3, -0.25) is 25.2 Å². The number of aliphatic carboxylic acids is 1. The number of amides is 2. The van der Waals surface area contributed by atoms with Crippen LogP contribution < -0.4 is 10.9 Å². The highest BCUT2D eigenvalue weighted by molar-refractivity contribution is 5.97. The molecule has 2 rings (SSSR count). The van der Waals surface area contributed by atoms with Crippen LogP contribution in [0.25, 0.3) is 0 Å². The van der Waals surface area contributed by atoms with Gasteiger partial charge in [-0.2, -0.15) is 0 Å². The van der Waals surface area contributed by atoms with Gasteiger partial charge in [-0.05, 0) is 31.4 Å². The number of aryl methyl sites for hydroxylation is 1. The fraction of sp³-hybridized carbons (Fsp3) is 0.438. The molecule has 2 amide bonds. The Balaban J connectivity index is 1.96. The third-order valence-electron chi connectivity index (χ3n) is 4.11. The fourth-order valence-corrected chi connectivity index (χ4v) is 2.85. The van der Waals surface area contributed by atoms with E-state index in [0.717, 1.165) is 18.4 Å². The van der Waals surface area contributed by atoms with E-state index < -0.39 is 29.6 Å². The highest BCUT2D eigenvalue weighted by atomic mass is 16.4. The van der Waals surface area contributed by atoms with Gasteiger partial charge in [0.05, 0.1) is 11.8 Å². The lowest BCUT2D eigenvalue weighted by molar-refractivity contribution is -0.149. The van der Waals surface area contributed by atoms with Gasteiger partial charge in [0.15, 0.2) is 0 Å². The first-order valence-electron chi connectivity index (χ1n) is 7.39. The van der Waals surface area contributed by atoms with Gasteiger partial charge in [-0.1, -0.05) is 31.0 Å². The molecule has 0 aromatic heterocycles. The average Bonchev–Trinajstić information content (AvgIpc) is 2.52. The predicted octanol–water partition coefficient (Wildman–Crippen LogP) is 1.65. The average molecular weight is 304 g/mol. The van der Waals surface area contributed by atoms with Crippen molar-refractivity contribution in [2.45, 2.75) is 32.6 Å². The molecule has 118 valence electrons. The van der Waals surface area contributed by atoms with E-state index in [0.29, 0.717) is 18.4 Å². The lowest BCUT2D eigenvalue weighted by Crippen LogP contribution is -2.48. The van der Waals surface area contributed by atoms with Gasteiger partial charge in [-0.15, -0.1) is 0 Å². The molecule has 1 aromatic carbocycles. The molecule has 0 aliphatic heterocycles. The maximum atomic E-state index is 12.1. The number of hydrazine groups is 1. The summed E-state index contributed by atoms with van der Waals surface area (Å²) in [6.45, 7) is 1.80. The summed E-state index contributed by atoms with van der Waals surface area (Å²) in [6.07, 6.45) is 2.67. The first-order chi connectivity index (χ1) is 10.5. The molecular weight excluding hydrogens is 284 g/mol. The summed E-state index contributed by atoms with van der Waals surface area (Å²) in [5, 5.41) is 9.18. The molecule has 0 saturated heterocycles. The number of carboxylic acid groups (broad SMARTS) is 1. The van der Waals surface area contributed by atoms with Crippen LogP contribution in [0.15, 0.2) is 24.3 Å². The molecule has 1 aliphatic carbocycles. The summed E-state index contributed by atoms with van der Waals surface area (Å²) in [5.74, 6) is -3.07. The summed E-state index contributed by atoms with van der Waals surface area (Å²) in [7, 11) is 0. The molecule has 0 bridgehead atoms. The molecule has 6 heteroatoms. The maximum absolute atomic E-state index is 12.1. The number of carbonyl (C=O) groups is 3. The molecule has 3 N–H and O–H groups in total. The van der Waals surface area contributed by atoms with Crippen LogP contribution >= 0.6 is 0 Å². The van der Waals surface area contributed by atoms with Crippen LogP contribution in [0.1, 0.15) is 41.6 Å². The lowest BCUT2D eigenvalue weighted by atomic mass is 9.79. The minimum atomic E-state index is -0.954. The van der Waals surface area contributed by atoms with Crippen LogP contribution in [-0.2, 0) is 9.59 Å². The largest absolute Gasteiger partial charge is 0.481 e. The van der Waals surface area contributed by atoms with Crippen molar-refractivity contribution < 1.29 is 19.5 Å². The van der Waals surface area contributed by atoms with Crippen LogP contribution in [0, 0.1) is 18.8 Å². The number of benzene rings is 1. The standard InChI is InChI=1S/C16H20N2O4/c1-10-6-2-3-7-11(10)14(19)17-18-15(20)12-8-4-5-9-13(12)16(21)22/h2-3,6-7,12-13H,4-5,8-9H2,1H3,(H,17,19)(H,18,20)(H,21,22)/t12-,13-/m1/s1. The molecule has 0 spiro atoms. The lowest BCUT2D eigenvalue weighted by Gasteiger charge is -2.27. The number of carbonyl (C=O) groups excluding carboxylic acids is 2. The van der Waals surface area contributed by atoms with Crippen LogP contribution in [0.3, 0.4) is 0 Å². The SMILES string of the molecule is Cc1ccccc1C(=O)NNC(=O)[C@@H]1CCCC[C@H]1C(=O)O. The van der Waals surface area contributed by atoms with E-state index in [-0.39, 0.29) is 0 Å². The number of hydrogen-bond donors (Lipinski definition) is 3. The van der Waals surface area contributed by atoms with Crippen molar-refractivity contribution in [3.05, 3.63) is 35.4 Å². The van der Waals surface area contributed by atoms with Crippen molar-refractivity contribution in [3.8, 4) is 0 Å². The van der Waals surface area contributed by atoms with Crippen molar-refractivity contribution in [1.82, 2.24) is 10.9 Å². The highest BCUT2D eigenvalue weighted by Crippen LogP contribution is 2.30. The number of rotatable bonds is 3. The normalized spacial score (nSPS) is 21.0. The zero-order chi connectivity index (χ0) is 16.1. The molecule has 0 radical (unpaired) electrons. The van der Waals surface area contributed by atoms with Crippen molar-refractivity contribution in [1.29, 1.82) is 0 Å². The summed E-state index contributed by atoms with van der Waals surface area (Å²) in [6, 6.07) is 7.03. The highest BCUT2D eigenvalue weighted by Gasteiger charge is 2.35. The second-order valence-corrected chi connectivity index (χ2v) is 5.59. The smallest absolute Gasteiger partial charge is 0.307 e. The maximum Gasteiger partial charge on any atom is 0.307 e. The number of nitrogens with one attached hydrogen (secondary N) is 2. The van der Waals surface area contributed by atoms with Crippen LogP contribution in [0.5, 0.6) is 0 Å². The van der Waals surface area contributed by atoms with E-state index in [1.165, 1.54) is 0 Å². The van der Waals surface area contributed by atoms with Gasteiger partial charge in [-0.25, -0.2) is 0 Å². The van der Waals surface area contributed by atoms with E-state index in [9.17, 15) is 19.5 Å². The Kier molecular flexibility index (Phi) is 5.14. The Morgan fingerprint density at radius 2 is 1.68 bits per heavy atom. The molecule has 1 aromatic rings. The second-order valence-electron chi connectivity index (χ2n) is 5.59. The topological polar surface area (TPSA) is 95.5 Å².